The predicted octanol–water partition coefficient (Wildman–Crippen LogP) is 3.28. The summed E-state index contributed by atoms with van der Waals surface area (Å²) in [6.45, 7) is 0. The monoisotopic (exact) mass is 323 g/mol. The van der Waals surface area contributed by atoms with Gasteiger partial charge in [0.1, 0.15) is 11.6 Å². The van der Waals surface area contributed by atoms with Gasteiger partial charge in [0.25, 0.3) is 5.91 Å². The van der Waals surface area contributed by atoms with Crippen molar-refractivity contribution in [3.63, 3.8) is 0 Å². The third-order valence-corrected chi connectivity index (χ3v) is 3.07. The summed E-state index contributed by atoms with van der Waals surface area (Å²) in [5.41, 5.74) is 0.940. The number of amides is 1. The zero-order valence-electron chi connectivity index (χ0n) is 10.1. The van der Waals surface area contributed by atoms with Gasteiger partial charge < -0.3 is 10.6 Å². The average Bonchev–Trinajstić information content (AvgIpc) is 2.43. The highest BCUT2D eigenvalue weighted by atomic mass is 79.9. The van der Waals surface area contributed by atoms with E-state index in [4.69, 9.17) is 0 Å². The molecule has 2 rings (SSSR count). The number of hydrogen-bond donors (Lipinski definition) is 2. The highest BCUT2D eigenvalue weighted by molar-refractivity contribution is 9.10. The minimum atomic E-state index is -0.377. The Labute approximate surface area is 118 Å². The Morgan fingerprint density at radius 3 is 2.68 bits per heavy atom. The molecule has 0 aliphatic heterocycles. The highest BCUT2D eigenvalue weighted by Crippen LogP contribution is 2.20. The van der Waals surface area contributed by atoms with Crippen LogP contribution in [0.1, 0.15) is 10.4 Å². The Bertz CT molecular complexity index is 601. The normalized spacial score (nSPS) is 10.1. The van der Waals surface area contributed by atoms with Gasteiger partial charge in [0.2, 0.25) is 0 Å². The first kappa shape index (κ1) is 13.5. The second-order valence-corrected chi connectivity index (χ2v) is 4.62. The fourth-order valence-electron chi connectivity index (χ4n) is 1.45. The molecule has 0 bridgehead atoms. The van der Waals surface area contributed by atoms with Crippen molar-refractivity contribution >= 4 is 33.3 Å². The van der Waals surface area contributed by atoms with E-state index in [1.165, 1.54) is 24.4 Å². The van der Waals surface area contributed by atoms with Gasteiger partial charge in [-0.1, -0.05) is 0 Å². The van der Waals surface area contributed by atoms with Crippen LogP contribution in [0.25, 0.3) is 0 Å². The Morgan fingerprint density at radius 2 is 2.11 bits per heavy atom. The molecule has 1 amide bonds. The number of carbonyl (C=O) groups excluding carboxylic acids is 1. The molecule has 1 aromatic carbocycles. The summed E-state index contributed by atoms with van der Waals surface area (Å²) >= 11 is 3.06. The van der Waals surface area contributed by atoms with E-state index in [0.717, 1.165) is 0 Å². The number of nitrogens with one attached hydrogen (secondary N) is 2. The molecule has 0 unspecified atom stereocenters. The Hall–Kier alpha value is -1.95. The quantitative estimate of drug-likeness (QED) is 0.911. The molecular formula is C13H11BrFN3O. The van der Waals surface area contributed by atoms with Gasteiger partial charge in [0, 0.05) is 18.9 Å². The van der Waals surface area contributed by atoms with Gasteiger partial charge in [-0.15, -0.1) is 0 Å². The van der Waals surface area contributed by atoms with Gasteiger partial charge in [0.15, 0.2) is 0 Å². The van der Waals surface area contributed by atoms with Crippen molar-refractivity contribution in [2.75, 3.05) is 17.7 Å². The van der Waals surface area contributed by atoms with Crippen LogP contribution in [0.4, 0.5) is 15.9 Å². The van der Waals surface area contributed by atoms with Crippen LogP contribution in [0.5, 0.6) is 0 Å². The largest absolute Gasteiger partial charge is 0.373 e. The van der Waals surface area contributed by atoms with Crippen molar-refractivity contribution in [2.24, 2.45) is 0 Å². The molecule has 0 spiro atoms. The van der Waals surface area contributed by atoms with Crippen LogP contribution in [0.3, 0.4) is 0 Å². The van der Waals surface area contributed by atoms with Gasteiger partial charge in [-0.05, 0) is 46.3 Å². The SMILES string of the molecule is CNc1ccc(C(=O)Nc2ccc(F)c(Br)c2)cn1. The minimum Gasteiger partial charge on any atom is -0.373 e. The lowest BCUT2D eigenvalue weighted by atomic mass is 10.2. The van der Waals surface area contributed by atoms with E-state index in [9.17, 15) is 9.18 Å². The van der Waals surface area contributed by atoms with Crippen LogP contribution in [-0.4, -0.2) is 17.9 Å². The number of nitrogens with zero attached hydrogens (tertiary/aromatic N) is 1. The summed E-state index contributed by atoms with van der Waals surface area (Å²) in [6, 6.07) is 7.64. The molecule has 0 saturated heterocycles. The van der Waals surface area contributed by atoms with E-state index in [1.54, 1.807) is 19.2 Å². The second kappa shape index (κ2) is 5.79. The van der Waals surface area contributed by atoms with Gasteiger partial charge in [-0.2, -0.15) is 0 Å². The van der Waals surface area contributed by atoms with E-state index in [-0.39, 0.29) is 11.7 Å². The number of hydrogen-bond acceptors (Lipinski definition) is 3. The fraction of sp³-hybridized carbons (Fsp3) is 0.0769. The maximum Gasteiger partial charge on any atom is 0.257 e. The average molecular weight is 324 g/mol. The molecule has 2 aromatic rings. The molecule has 0 aliphatic carbocycles. The summed E-state index contributed by atoms with van der Waals surface area (Å²) in [5, 5.41) is 5.53. The molecule has 2 N–H and O–H groups in total. The number of anilines is 2. The summed E-state index contributed by atoms with van der Waals surface area (Å²) in [6.07, 6.45) is 1.47. The van der Waals surface area contributed by atoms with E-state index in [1.807, 2.05) is 0 Å². The number of halogens is 2. The molecule has 0 aliphatic rings. The van der Waals surface area contributed by atoms with Crippen LogP contribution >= 0.6 is 15.9 Å². The van der Waals surface area contributed by atoms with Gasteiger partial charge in [-0.3, -0.25) is 4.79 Å². The number of rotatable bonds is 3. The molecule has 0 fully saturated rings. The Morgan fingerprint density at radius 1 is 1.32 bits per heavy atom. The molecule has 98 valence electrons. The fourth-order valence-corrected chi connectivity index (χ4v) is 1.83. The molecule has 0 atom stereocenters. The zero-order chi connectivity index (χ0) is 13.8. The first-order chi connectivity index (χ1) is 9.10. The maximum absolute atomic E-state index is 13.1. The van der Waals surface area contributed by atoms with Crippen molar-refractivity contribution in [1.82, 2.24) is 4.98 Å². The molecular weight excluding hydrogens is 313 g/mol. The zero-order valence-corrected chi connectivity index (χ0v) is 11.7. The standard InChI is InChI=1S/C13H11BrFN3O/c1-16-12-5-2-8(7-17-12)13(19)18-9-3-4-11(15)10(14)6-9/h2-7H,1H3,(H,16,17)(H,18,19). The van der Waals surface area contributed by atoms with E-state index in [0.29, 0.717) is 21.5 Å². The van der Waals surface area contributed by atoms with Crippen molar-refractivity contribution in [3.8, 4) is 0 Å². The van der Waals surface area contributed by atoms with Crippen LogP contribution < -0.4 is 10.6 Å². The highest BCUT2D eigenvalue weighted by Gasteiger charge is 2.08. The predicted molar refractivity (Wildman–Crippen MR) is 75.8 cm³/mol. The van der Waals surface area contributed by atoms with E-state index in [2.05, 4.69) is 31.5 Å². The lowest BCUT2D eigenvalue weighted by molar-refractivity contribution is 0.102. The Kier molecular flexibility index (Phi) is 4.11. The van der Waals surface area contributed by atoms with Crippen molar-refractivity contribution in [3.05, 3.63) is 52.4 Å². The molecule has 1 heterocycles. The first-order valence-electron chi connectivity index (χ1n) is 5.50. The molecule has 1 aromatic heterocycles. The number of carbonyl (C=O) groups is 1. The van der Waals surface area contributed by atoms with Gasteiger partial charge >= 0.3 is 0 Å². The molecule has 0 saturated carbocycles. The molecule has 0 radical (unpaired) electrons. The summed E-state index contributed by atoms with van der Waals surface area (Å²) < 4.78 is 13.4. The summed E-state index contributed by atoms with van der Waals surface area (Å²) in [5.74, 6) is 0.00720. The second-order valence-electron chi connectivity index (χ2n) is 3.77. The van der Waals surface area contributed by atoms with Crippen molar-refractivity contribution < 1.29 is 9.18 Å². The third-order valence-electron chi connectivity index (χ3n) is 2.46. The summed E-state index contributed by atoms with van der Waals surface area (Å²) in [4.78, 5) is 16.0. The Balaban J connectivity index is 2.13. The van der Waals surface area contributed by atoms with Crippen LogP contribution in [0.15, 0.2) is 41.0 Å². The third kappa shape index (κ3) is 3.29. The van der Waals surface area contributed by atoms with E-state index >= 15 is 0 Å². The van der Waals surface area contributed by atoms with Crippen molar-refractivity contribution in [1.29, 1.82) is 0 Å². The topological polar surface area (TPSA) is 54.0 Å². The lowest BCUT2D eigenvalue weighted by Crippen LogP contribution is -2.12. The first-order valence-corrected chi connectivity index (χ1v) is 6.29. The maximum atomic E-state index is 13.1. The van der Waals surface area contributed by atoms with Crippen LogP contribution in [0, 0.1) is 5.82 Å². The smallest absolute Gasteiger partial charge is 0.257 e. The van der Waals surface area contributed by atoms with Crippen LogP contribution in [-0.2, 0) is 0 Å². The summed E-state index contributed by atoms with van der Waals surface area (Å²) in [7, 11) is 1.75. The van der Waals surface area contributed by atoms with Gasteiger partial charge in [0.05, 0.1) is 10.0 Å². The molecule has 4 nitrogen and oxygen atoms in total. The molecule has 19 heavy (non-hydrogen) atoms. The number of aromatic nitrogens is 1. The van der Waals surface area contributed by atoms with E-state index < -0.39 is 0 Å². The lowest BCUT2D eigenvalue weighted by Gasteiger charge is -2.06. The minimum absolute atomic E-state index is 0.298. The molecule has 6 heteroatoms. The number of benzene rings is 1. The number of pyridine rings is 1. The van der Waals surface area contributed by atoms with Gasteiger partial charge in [-0.25, -0.2) is 9.37 Å². The van der Waals surface area contributed by atoms with Crippen molar-refractivity contribution in [2.45, 2.75) is 0 Å². The van der Waals surface area contributed by atoms with Crippen LogP contribution in [0.2, 0.25) is 0 Å².